The van der Waals surface area contributed by atoms with Crippen molar-refractivity contribution in [2.45, 2.75) is 25.2 Å². The molecule has 0 saturated heterocycles. The molecule has 0 aliphatic heterocycles. The molecule has 20 heavy (non-hydrogen) atoms. The summed E-state index contributed by atoms with van der Waals surface area (Å²) in [5, 5.41) is 0. The number of hydrogen-bond donors (Lipinski definition) is 1. The maximum Gasteiger partial charge on any atom is 0.240 e. The van der Waals surface area contributed by atoms with Crippen molar-refractivity contribution in [1.29, 1.82) is 0 Å². The van der Waals surface area contributed by atoms with E-state index in [0.717, 1.165) is 6.07 Å². The van der Waals surface area contributed by atoms with Gasteiger partial charge in [0.15, 0.2) is 5.89 Å². The molecule has 0 aliphatic carbocycles. The van der Waals surface area contributed by atoms with Gasteiger partial charge in [0.25, 0.3) is 0 Å². The SMILES string of the molecule is Cc1cnc(CCNS(=O)(=O)c2ccc(F)c(C)c2)o1. The van der Waals surface area contributed by atoms with E-state index in [4.69, 9.17) is 4.42 Å². The number of nitrogens with zero attached hydrogens (tertiary/aromatic N) is 1. The predicted molar refractivity (Wildman–Crippen MR) is 71.3 cm³/mol. The minimum atomic E-state index is -3.65. The Balaban J connectivity index is 2.02. The highest BCUT2D eigenvalue weighted by Crippen LogP contribution is 2.14. The normalized spacial score (nSPS) is 11.8. The summed E-state index contributed by atoms with van der Waals surface area (Å²) in [6, 6.07) is 3.67. The predicted octanol–water partition coefficient (Wildman–Crippen LogP) is 1.95. The first kappa shape index (κ1) is 14.7. The fraction of sp³-hybridized carbons (Fsp3) is 0.308. The van der Waals surface area contributed by atoms with E-state index in [2.05, 4.69) is 9.71 Å². The molecule has 0 amide bonds. The molecule has 0 spiro atoms. The number of hydrogen-bond acceptors (Lipinski definition) is 4. The second kappa shape index (κ2) is 5.72. The minimum absolute atomic E-state index is 0.0417. The number of benzene rings is 1. The van der Waals surface area contributed by atoms with E-state index in [1.165, 1.54) is 19.1 Å². The van der Waals surface area contributed by atoms with Gasteiger partial charge >= 0.3 is 0 Å². The fourth-order valence-corrected chi connectivity index (χ4v) is 2.79. The second-order valence-corrected chi connectivity index (χ2v) is 6.19. The Hall–Kier alpha value is -1.73. The molecule has 0 fully saturated rings. The molecule has 1 aromatic heterocycles. The van der Waals surface area contributed by atoms with Crippen LogP contribution in [0, 0.1) is 19.7 Å². The van der Waals surface area contributed by atoms with Crippen LogP contribution in [0.25, 0.3) is 0 Å². The largest absolute Gasteiger partial charge is 0.446 e. The van der Waals surface area contributed by atoms with Crippen molar-refractivity contribution in [3.05, 3.63) is 47.4 Å². The highest BCUT2D eigenvalue weighted by molar-refractivity contribution is 7.89. The zero-order chi connectivity index (χ0) is 14.8. The lowest BCUT2D eigenvalue weighted by Crippen LogP contribution is -2.26. The molecule has 0 unspecified atom stereocenters. The van der Waals surface area contributed by atoms with Gasteiger partial charge in [-0.3, -0.25) is 0 Å². The van der Waals surface area contributed by atoms with Gasteiger partial charge < -0.3 is 4.42 Å². The average Bonchev–Trinajstić information content (AvgIpc) is 2.78. The van der Waals surface area contributed by atoms with Gasteiger partial charge in [-0.05, 0) is 37.6 Å². The van der Waals surface area contributed by atoms with E-state index in [0.29, 0.717) is 18.1 Å². The van der Waals surface area contributed by atoms with Crippen LogP contribution in [-0.4, -0.2) is 19.9 Å². The van der Waals surface area contributed by atoms with Crippen LogP contribution < -0.4 is 4.72 Å². The van der Waals surface area contributed by atoms with E-state index in [1.54, 1.807) is 13.1 Å². The van der Waals surface area contributed by atoms with E-state index in [1.807, 2.05) is 0 Å². The van der Waals surface area contributed by atoms with E-state index < -0.39 is 15.8 Å². The second-order valence-electron chi connectivity index (χ2n) is 4.42. The first-order chi connectivity index (χ1) is 9.38. The number of halogens is 1. The smallest absolute Gasteiger partial charge is 0.240 e. The van der Waals surface area contributed by atoms with Crippen LogP contribution in [0.5, 0.6) is 0 Å². The maximum absolute atomic E-state index is 13.1. The first-order valence-corrected chi connectivity index (χ1v) is 7.54. The van der Waals surface area contributed by atoms with Gasteiger partial charge in [-0.25, -0.2) is 22.5 Å². The standard InChI is InChI=1S/C13H15FN2O3S/c1-9-7-11(3-4-12(9)14)20(17,18)16-6-5-13-15-8-10(2)19-13/h3-4,7-8,16H,5-6H2,1-2H3. The highest BCUT2D eigenvalue weighted by atomic mass is 32.2. The molecular weight excluding hydrogens is 283 g/mol. The molecule has 1 aromatic carbocycles. The molecule has 7 heteroatoms. The van der Waals surface area contributed by atoms with Gasteiger partial charge in [0.2, 0.25) is 10.0 Å². The summed E-state index contributed by atoms with van der Waals surface area (Å²) >= 11 is 0. The quantitative estimate of drug-likeness (QED) is 0.915. The van der Waals surface area contributed by atoms with E-state index in [9.17, 15) is 12.8 Å². The first-order valence-electron chi connectivity index (χ1n) is 6.05. The van der Waals surface area contributed by atoms with Gasteiger partial charge in [-0.2, -0.15) is 0 Å². The van der Waals surface area contributed by atoms with Crippen LogP contribution >= 0.6 is 0 Å². The molecule has 5 nitrogen and oxygen atoms in total. The summed E-state index contributed by atoms with van der Waals surface area (Å²) in [5.41, 5.74) is 0.288. The fourth-order valence-electron chi connectivity index (χ4n) is 1.68. The molecular formula is C13H15FN2O3S. The minimum Gasteiger partial charge on any atom is -0.446 e. The van der Waals surface area contributed by atoms with Gasteiger partial charge in [0.05, 0.1) is 11.1 Å². The Morgan fingerprint density at radius 2 is 2.10 bits per heavy atom. The van der Waals surface area contributed by atoms with Gasteiger partial charge in [-0.15, -0.1) is 0 Å². The van der Waals surface area contributed by atoms with Crippen molar-refractivity contribution in [2.75, 3.05) is 6.54 Å². The number of sulfonamides is 1. The van der Waals surface area contributed by atoms with E-state index >= 15 is 0 Å². The Labute approximate surface area is 116 Å². The summed E-state index contributed by atoms with van der Waals surface area (Å²) in [5.74, 6) is 0.719. The summed E-state index contributed by atoms with van der Waals surface area (Å²) in [4.78, 5) is 4.02. The van der Waals surface area contributed by atoms with Crippen LogP contribution in [0.4, 0.5) is 4.39 Å². The summed E-state index contributed by atoms with van der Waals surface area (Å²) < 4.78 is 44.8. The van der Waals surface area contributed by atoms with Crippen molar-refractivity contribution in [3.8, 4) is 0 Å². The number of aryl methyl sites for hydroxylation is 2. The number of oxazole rings is 1. The average molecular weight is 298 g/mol. The molecule has 1 heterocycles. The third-order valence-corrected chi connectivity index (χ3v) is 4.20. The molecule has 2 aromatic rings. The van der Waals surface area contributed by atoms with Crippen LogP contribution in [0.3, 0.4) is 0 Å². The lowest BCUT2D eigenvalue weighted by atomic mass is 10.2. The van der Waals surface area contributed by atoms with Crippen molar-refractivity contribution in [2.24, 2.45) is 0 Å². The van der Waals surface area contributed by atoms with E-state index in [-0.39, 0.29) is 17.0 Å². The van der Waals surface area contributed by atoms with Crippen LogP contribution in [-0.2, 0) is 16.4 Å². The van der Waals surface area contributed by atoms with Crippen molar-refractivity contribution >= 4 is 10.0 Å². The number of aromatic nitrogens is 1. The number of rotatable bonds is 5. The van der Waals surface area contributed by atoms with Crippen molar-refractivity contribution in [3.63, 3.8) is 0 Å². The van der Waals surface area contributed by atoms with Crippen molar-refractivity contribution < 1.29 is 17.2 Å². The van der Waals surface area contributed by atoms with Gasteiger partial charge in [0, 0.05) is 13.0 Å². The molecule has 0 aliphatic rings. The maximum atomic E-state index is 13.1. The summed E-state index contributed by atoms with van der Waals surface area (Å²) in [6.45, 7) is 3.45. The molecule has 0 atom stereocenters. The Morgan fingerprint density at radius 3 is 2.70 bits per heavy atom. The molecule has 0 bridgehead atoms. The summed E-state index contributed by atoms with van der Waals surface area (Å²) in [7, 11) is -3.65. The number of nitrogens with one attached hydrogen (secondary N) is 1. The Kier molecular flexibility index (Phi) is 4.20. The Morgan fingerprint density at radius 1 is 1.35 bits per heavy atom. The third-order valence-electron chi connectivity index (χ3n) is 2.74. The third kappa shape index (κ3) is 3.43. The molecule has 108 valence electrons. The van der Waals surface area contributed by atoms with Crippen LogP contribution in [0.15, 0.2) is 33.7 Å². The molecule has 2 rings (SSSR count). The zero-order valence-corrected chi connectivity index (χ0v) is 12.0. The lowest BCUT2D eigenvalue weighted by Gasteiger charge is -2.06. The van der Waals surface area contributed by atoms with Crippen LogP contribution in [0.1, 0.15) is 17.2 Å². The van der Waals surface area contributed by atoms with Crippen molar-refractivity contribution in [1.82, 2.24) is 9.71 Å². The lowest BCUT2D eigenvalue weighted by molar-refractivity contribution is 0.469. The highest BCUT2D eigenvalue weighted by Gasteiger charge is 2.15. The molecule has 0 saturated carbocycles. The topological polar surface area (TPSA) is 72.2 Å². The van der Waals surface area contributed by atoms with Crippen LogP contribution in [0.2, 0.25) is 0 Å². The summed E-state index contributed by atoms with van der Waals surface area (Å²) in [6.07, 6.45) is 1.93. The molecule has 0 radical (unpaired) electrons. The van der Waals surface area contributed by atoms with Gasteiger partial charge in [0.1, 0.15) is 11.6 Å². The van der Waals surface area contributed by atoms with Gasteiger partial charge in [-0.1, -0.05) is 0 Å². The molecule has 1 N–H and O–H groups in total. The monoisotopic (exact) mass is 298 g/mol. The Bertz CT molecular complexity index is 710. The zero-order valence-electron chi connectivity index (χ0n) is 11.2.